The molecule has 2 aromatic rings. The Hall–Kier alpha value is -1.67. The number of anilines is 2. The molecule has 0 heterocycles. The van der Waals surface area contributed by atoms with Crippen molar-refractivity contribution >= 4 is 23.0 Å². The molecule has 0 saturated heterocycles. The van der Waals surface area contributed by atoms with Crippen LogP contribution in [0.5, 0.6) is 0 Å². The summed E-state index contributed by atoms with van der Waals surface area (Å²) in [5.41, 5.74) is 8.85. The fourth-order valence-electron chi connectivity index (χ4n) is 2.09. The molecular formula is C16H19ClN2. The first-order valence-electron chi connectivity index (χ1n) is 6.54. The number of rotatable bonds is 5. The molecule has 3 heteroatoms. The Morgan fingerprint density at radius 1 is 1.05 bits per heavy atom. The van der Waals surface area contributed by atoms with E-state index >= 15 is 0 Å². The molecule has 2 nitrogen and oxygen atoms in total. The van der Waals surface area contributed by atoms with Crippen LogP contribution in [-0.4, -0.2) is 6.54 Å². The van der Waals surface area contributed by atoms with Gasteiger partial charge in [0.15, 0.2) is 0 Å². The summed E-state index contributed by atoms with van der Waals surface area (Å²) in [6.45, 7) is 3.99. The summed E-state index contributed by atoms with van der Waals surface area (Å²) in [6.07, 6.45) is 1.09. The molecule has 0 aliphatic heterocycles. The van der Waals surface area contributed by atoms with Crippen molar-refractivity contribution in [3.63, 3.8) is 0 Å². The van der Waals surface area contributed by atoms with Crippen molar-refractivity contribution in [1.82, 2.24) is 0 Å². The summed E-state index contributed by atoms with van der Waals surface area (Å²) in [5, 5.41) is 0.819. The van der Waals surface area contributed by atoms with E-state index < -0.39 is 0 Å². The molecule has 0 amide bonds. The molecule has 0 atom stereocenters. The van der Waals surface area contributed by atoms with Gasteiger partial charge >= 0.3 is 0 Å². The van der Waals surface area contributed by atoms with Crippen LogP contribution in [0.1, 0.15) is 18.9 Å². The Kier molecular flexibility index (Phi) is 4.69. The molecule has 100 valence electrons. The van der Waals surface area contributed by atoms with Gasteiger partial charge < -0.3 is 10.6 Å². The van der Waals surface area contributed by atoms with Gasteiger partial charge in [-0.25, -0.2) is 0 Å². The number of nitrogens with two attached hydrogens (primary N) is 1. The van der Waals surface area contributed by atoms with Crippen LogP contribution in [0.25, 0.3) is 0 Å². The zero-order valence-corrected chi connectivity index (χ0v) is 11.9. The number of halogens is 1. The standard InChI is InChI=1S/C16H19ClN2/c1-2-11-19(15-9-7-14(18)8-10-15)12-13-5-3-4-6-16(13)17/h3-10H,2,11-12,18H2,1H3. The van der Waals surface area contributed by atoms with Crippen molar-refractivity contribution in [3.05, 3.63) is 59.1 Å². The smallest absolute Gasteiger partial charge is 0.0455 e. The molecule has 2 rings (SSSR count). The zero-order valence-electron chi connectivity index (χ0n) is 11.1. The zero-order chi connectivity index (χ0) is 13.7. The van der Waals surface area contributed by atoms with Crippen LogP contribution in [0.15, 0.2) is 48.5 Å². The van der Waals surface area contributed by atoms with E-state index in [0.717, 1.165) is 35.8 Å². The van der Waals surface area contributed by atoms with Gasteiger partial charge in [-0.1, -0.05) is 36.7 Å². The highest BCUT2D eigenvalue weighted by Gasteiger charge is 2.08. The normalized spacial score (nSPS) is 10.4. The van der Waals surface area contributed by atoms with Crippen molar-refractivity contribution in [2.45, 2.75) is 19.9 Å². The fourth-order valence-corrected chi connectivity index (χ4v) is 2.28. The lowest BCUT2D eigenvalue weighted by Crippen LogP contribution is -2.23. The number of nitrogens with zero attached hydrogens (tertiary/aromatic N) is 1. The molecule has 0 bridgehead atoms. The predicted octanol–water partition coefficient (Wildman–Crippen LogP) is 4.34. The van der Waals surface area contributed by atoms with Crippen molar-refractivity contribution in [2.75, 3.05) is 17.2 Å². The monoisotopic (exact) mass is 274 g/mol. The molecule has 0 spiro atoms. The van der Waals surface area contributed by atoms with Crippen molar-refractivity contribution in [1.29, 1.82) is 0 Å². The topological polar surface area (TPSA) is 29.3 Å². The first kappa shape index (κ1) is 13.8. The summed E-state index contributed by atoms with van der Waals surface area (Å²) >= 11 is 6.23. The highest BCUT2D eigenvalue weighted by Crippen LogP contribution is 2.22. The summed E-state index contributed by atoms with van der Waals surface area (Å²) in [5.74, 6) is 0. The van der Waals surface area contributed by atoms with E-state index in [-0.39, 0.29) is 0 Å². The van der Waals surface area contributed by atoms with Gasteiger partial charge in [-0.3, -0.25) is 0 Å². The first-order valence-corrected chi connectivity index (χ1v) is 6.92. The van der Waals surface area contributed by atoms with E-state index in [2.05, 4.69) is 30.0 Å². The number of benzene rings is 2. The third kappa shape index (κ3) is 3.65. The summed E-state index contributed by atoms with van der Waals surface area (Å²) in [7, 11) is 0. The molecule has 0 unspecified atom stereocenters. The SMILES string of the molecule is CCCN(Cc1ccccc1Cl)c1ccc(N)cc1. The summed E-state index contributed by atoms with van der Waals surface area (Å²) < 4.78 is 0. The Labute approximate surface area is 119 Å². The molecule has 2 N–H and O–H groups in total. The van der Waals surface area contributed by atoms with Crippen molar-refractivity contribution in [3.8, 4) is 0 Å². The quantitative estimate of drug-likeness (QED) is 0.822. The molecule has 0 aromatic heterocycles. The van der Waals surface area contributed by atoms with Crippen molar-refractivity contribution < 1.29 is 0 Å². The van der Waals surface area contributed by atoms with E-state index in [4.69, 9.17) is 17.3 Å². The molecule has 19 heavy (non-hydrogen) atoms. The van der Waals surface area contributed by atoms with Crippen LogP contribution >= 0.6 is 11.6 Å². The maximum absolute atomic E-state index is 6.23. The highest BCUT2D eigenvalue weighted by molar-refractivity contribution is 6.31. The van der Waals surface area contributed by atoms with E-state index in [1.54, 1.807) is 0 Å². The van der Waals surface area contributed by atoms with E-state index in [9.17, 15) is 0 Å². The summed E-state index contributed by atoms with van der Waals surface area (Å²) in [6, 6.07) is 16.0. The first-order chi connectivity index (χ1) is 9.20. The lowest BCUT2D eigenvalue weighted by Gasteiger charge is -2.25. The predicted molar refractivity (Wildman–Crippen MR) is 83.6 cm³/mol. The van der Waals surface area contributed by atoms with Crippen LogP contribution in [0.2, 0.25) is 5.02 Å². The van der Waals surface area contributed by atoms with E-state index in [1.807, 2.05) is 30.3 Å². The highest BCUT2D eigenvalue weighted by atomic mass is 35.5. The average molecular weight is 275 g/mol. The van der Waals surface area contributed by atoms with Gasteiger partial charge in [0.05, 0.1) is 0 Å². The third-order valence-electron chi connectivity index (χ3n) is 3.07. The van der Waals surface area contributed by atoms with Gasteiger partial charge in [-0.2, -0.15) is 0 Å². The largest absolute Gasteiger partial charge is 0.399 e. The second-order valence-electron chi connectivity index (χ2n) is 4.60. The van der Waals surface area contributed by atoms with E-state index in [1.165, 1.54) is 5.69 Å². The average Bonchev–Trinajstić information content (AvgIpc) is 2.42. The van der Waals surface area contributed by atoms with Crippen LogP contribution in [0.4, 0.5) is 11.4 Å². The van der Waals surface area contributed by atoms with Gasteiger partial charge in [0, 0.05) is 29.5 Å². The molecule has 2 aromatic carbocycles. The lowest BCUT2D eigenvalue weighted by atomic mass is 10.2. The van der Waals surface area contributed by atoms with Gasteiger partial charge in [0.2, 0.25) is 0 Å². The van der Waals surface area contributed by atoms with Crippen molar-refractivity contribution in [2.24, 2.45) is 0 Å². The van der Waals surface area contributed by atoms with Gasteiger partial charge in [0.25, 0.3) is 0 Å². The molecular weight excluding hydrogens is 256 g/mol. The molecule has 0 saturated carbocycles. The van der Waals surface area contributed by atoms with Crippen LogP contribution < -0.4 is 10.6 Å². The summed E-state index contributed by atoms with van der Waals surface area (Å²) in [4.78, 5) is 2.32. The maximum Gasteiger partial charge on any atom is 0.0455 e. The van der Waals surface area contributed by atoms with Gasteiger partial charge in [0.1, 0.15) is 0 Å². The number of hydrogen-bond donors (Lipinski definition) is 1. The fraction of sp³-hybridized carbons (Fsp3) is 0.250. The molecule has 0 fully saturated rings. The Morgan fingerprint density at radius 2 is 1.74 bits per heavy atom. The number of nitrogen functional groups attached to an aromatic ring is 1. The Bertz CT molecular complexity index is 523. The van der Waals surface area contributed by atoms with Gasteiger partial charge in [-0.15, -0.1) is 0 Å². The Morgan fingerprint density at radius 3 is 2.37 bits per heavy atom. The Balaban J connectivity index is 2.21. The van der Waals surface area contributed by atoms with E-state index in [0.29, 0.717) is 0 Å². The third-order valence-corrected chi connectivity index (χ3v) is 3.44. The molecule has 0 aliphatic rings. The minimum absolute atomic E-state index is 0.790. The maximum atomic E-state index is 6.23. The minimum atomic E-state index is 0.790. The van der Waals surface area contributed by atoms with Crippen LogP contribution in [0, 0.1) is 0 Å². The number of hydrogen-bond acceptors (Lipinski definition) is 2. The molecule has 0 radical (unpaired) electrons. The van der Waals surface area contributed by atoms with Crippen LogP contribution in [0.3, 0.4) is 0 Å². The molecule has 0 aliphatic carbocycles. The lowest BCUT2D eigenvalue weighted by molar-refractivity contribution is 0.767. The minimum Gasteiger partial charge on any atom is -0.399 e. The van der Waals surface area contributed by atoms with Crippen LogP contribution in [-0.2, 0) is 6.54 Å². The van der Waals surface area contributed by atoms with Gasteiger partial charge in [-0.05, 0) is 42.3 Å². The second kappa shape index (κ2) is 6.48. The second-order valence-corrected chi connectivity index (χ2v) is 5.01.